The molecular weight excluding hydrogens is 425 g/mol. The van der Waals surface area contributed by atoms with Gasteiger partial charge in [0.15, 0.2) is 5.65 Å². The highest BCUT2D eigenvalue weighted by Gasteiger charge is 2.49. The zero-order chi connectivity index (χ0) is 22.7. The molecule has 3 aliphatic rings. The maximum Gasteiger partial charge on any atom is 0.410 e. The standard InChI is InChI=1S/C24H26FN5O3/c1-14-3-6-20(19(25)9-14)30-21-18(12-28-30)22(27-13-26-21)32-17-10-15-4-5-16(11-17)29(15)23(31)33-24(2)7-8-24/h3,6,9,12-13,15-17H,4-5,7-8,10-11H2,1-2H3. The summed E-state index contributed by atoms with van der Waals surface area (Å²) >= 11 is 0. The number of carbonyl (C=O) groups excluding carboxylic acids is 1. The number of benzene rings is 1. The Balaban J connectivity index is 1.22. The number of amides is 1. The van der Waals surface area contributed by atoms with Gasteiger partial charge in [0.1, 0.15) is 34.9 Å². The molecule has 3 aromatic rings. The number of piperidine rings is 1. The zero-order valence-corrected chi connectivity index (χ0v) is 18.7. The van der Waals surface area contributed by atoms with Gasteiger partial charge in [-0.25, -0.2) is 23.8 Å². The molecule has 2 aliphatic heterocycles. The lowest BCUT2D eigenvalue weighted by Crippen LogP contribution is -2.50. The molecular formula is C24H26FN5O3. The quantitative estimate of drug-likeness (QED) is 0.587. The van der Waals surface area contributed by atoms with Gasteiger partial charge in [-0.2, -0.15) is 5.10 Å². The van der Waals surface area contributed by atoms with Crippen LogP contribution in [-0.2, 0) is 4.74 Å². The van der Waals surface area contributed by atoms with Crippen molar-refractivity contribution in [2.45, 2.75) is 76.2 Å². The van der Waals surface area contributed by atoms with E-state index in [1.807, 2.05) is 24.8 Å². The number of rotatable bonds is 4. The van der Waals surface area contributed by atoms with Crippen LogP contribution in [0.4, 0.5) is 9.18 Å². The Morgan fingerprint density at radius 2 is 1.94 bits per heavy atom. The number of fused-ring (bicyclic) bond motifs is 3. The van der Waals surface area contributed by atoms with Crippen LogP contribution in [0.25, 0.3) is 16.7 Å². The minimum atomic E-state index is -0.364. The van der Waals surface area contributed by atoms with Crippen LogP contribution in [-0.4, -0.2) is 54.5 Å². The summed E-state index contributed by atoms with van der Waals surface area (Å²) in [7, 11) is 0. The summed E-state index contributed by atoms with van der Waals surface area (Å²) in [6, 6.07) is 5.23. The van der Waals surface area contributed by atoms with Gasteiger partial charge in [0.2, 0.25) is 5.88 Å². The smallest absolute Gasteiger partial charge is 0.410 e. The topological polar surface area (TPSA) is 82.4 Å². The van der Waals surface area contributed by atoms with E-state index in [-0.39, 0.29) is 35.7 Å². The summed E-state index contributed by atoms with van der Waals surface area (Å²) in [5.74, 6) is 0.0710. The Morgan fingerprint density at radius 3 is 2.64 bits per heavy atom. The fourth-order valence-corrected chi connectivity index (χ4v) is 5.10. The van der Waals surface area contributed by atoms with Gasteiger partial charge in [-0.1, -0.05) is 6.07 Å². The molecule has 33 heavy (non-hydrogen) atoms. The number of carbonyl (C=O) groups is 1. The average molecular weight is 452 g/mol. The van der Waals surface area contributed by atoms with Crippen molar-refractivity contribution in [2.24, 2.45) is 0 Å². The molecule has 3 fully saturated rings. The number of halogens is 1. The number of nitrogens with zero attached hydrogens (tertiary/aromatic N) is 5. The molecule has 4 heterocycles. The first-order valence-electron chi connectivity index (χ1n) is 11.5. The summed E-state index contributed by atoms with van der Waals surface area (Å²) in [6.07, 6.45) is 8.03. The minimum absolute atomic E-state index is 0.0689. The first-order chi connectivity index (χ1) is 15.9. The second-order valence-electron chi connectivity index (χ2n) is 9.75. The number of hydrogen-bond donors (Lipinski definition) is 0. The highest BCUT2D eigenvalue weighted by Crippen LogP contribution is 2.43. The third-order valence-corrected chi connectivity index (χ3v) is 7.13. The van der Waals surface area contributed by atoms with Crippen LogP contribution in [0.1, 0.15) is 51.0 Å². The highest BCUT2D eigenvalue weighted by molar-refractivity contribution is 5.81. The third-order valence-electron chi connectivity index (χ3n) is 7.13. The van der Waals surface area contributed by atoms with Gasteiger partial charge in [-0.05, 0) is 57.2 Å². The molecule has 2 aromatic heterocycles. The normalized spacial score (nSPS) is 25.3. The Bertz CT molecular complexity index is 1230. The summed E-state index contributed by atoms with van der Waals surface area (Å²) in [6.45, 7) is 3.83. The second kappa shape index (κ2) is 7.40. The van der Waals surface area contributed by atoms with Crippen LogP contribution in [0, 0.1) is 12.7 Å². The van der Waals surface area contributed by atoms with E-state index >= 15 is 0 Å². The Labute approximate surface area is 190 Å². The summed E-state index contributed by atoms with van der Waals surface area (Å²) < 4.78 is 28.0. The summed E-state index contributed by atoms with van der Waals surface area (Å²) in [4.78, 5) is 23.3. The maximum atomic E-state index is 14.5. The molecule has 0 N–H and O–H groups in total. The molecule has 2 atom stereocenters. The zero-order valence-electron chi connectivity index (χ0n) is 18.7. The van der Waals surface area contributed by atoms with E-state index < -0.39 is 0 Å². The molecule has 2 saturated heterocycles. The fourth-order valence-electron chi connectivity index (χ4n) is 5.10. The predicted octanol–water partition coefficient (Wildman–Crippen LogP) is 4.33. The SMILES string of the molecule is Cc1ccc(-n2ncc3c(OC4CC5CCC(C4)N5C(=O)OC4(C)CC4)ncnc32)c(F)c1. The molecule has 1 amide bonds. The highest BCUT2D eigenvalue weighted by atomic mass is 19.1. The average Bonchev–Trinajstić information content (AvgIpc) is 3.22. The van der Waals surface area contributed by atoms with Crippen LogP contribution < -0.4 is 4.74 Å². The van der Waals surface area contributed by atoms with Crippen LogP contribution >= 0.6 is 0 Å². The summed E-state index contributed by atoms with van der Waals surface area (Å²) in [5.41, 5.74) is 1.38. The monoisotopic (exact) mass is 451 g/mol. The molecule has 9 heteroatoms. The third kappa shape index (κ3) is 3.59. The Hall–Kier alpha value is -3.23. The maximum absolute atomic E-state index is 14.5. The first kappa shape index (κ1) is 20.4. The van der Waals surface area contributed by atoms with E-state index in [4.69, 9.17) is 9.47 Å². The summed E-state index contributed by atoms with van der Waals surface area (Å²) in [5, 5.41) is 4.98. The van der Waals surface area contributed by atoms with Gasteiger partial charge < -0.3 is 14.4 Å². The van der Waals surface area contributed by atoms with Crippen molar-refractivity contribution in [3.63, 3.8) is 0 Å². The van der Waals surface area contributed by atoms with E-state index in [1.54, 1.807) is 12.3 Å². The van der Waals surface area contributed by atoms with E-state index in [1.165, 1.54) is 17.1 Å². The predicted molar refractivity (Wildman–Crippen MR) is 118 cm³/mol. The molecule has 6 rings (SSSR count). The van der Waals surface area contributed by atoms with Crippen molar-refractivity contribution in [1.82, 2.24) is 24.6 Å². The number of aryl methyl sites for hydroxylation is 1. The van der Waals surface area contributed by atoms with Gasteiger partial charge in [-0.15, -0.1) is 0 Å². The van der Waals surface area contributed by atoms with E-state index in [0.717, 1.165) is 44.1 Å². The Kier molecular flexibility index (Phi) is 4.57. The molecule has 172 valence electrons. The molecule has 0 radical (unpaired) electrons. The van der Waals surface area contributed by atoms with Crippen molar-refractivity contribution in [1.29, 1.82) is 0 Å². The van der Waals surface area contributed by atoms with Crippen molar-refractivity contribution in [3.8, 4) is 11.6 Å². The van der Waals surface area contributed by atoms with Crippen LogP contribution in [0.5, 0.6) is 5.88 Å². The van der Waals surface area contributed by atoms with E-state index in [2.05, 4.69) is 15.1 Å². The largest absolute Gasteiger partial charge is 0.474 e. The van der Waals surface area contributed by atoms with Crippen molar-refractivity contribution < 1.29 is 18.7 Å². The van der Waals surface area contributed by atoms with Gasteiger partial charge in [0, 0.05) is 24.9 Å². The van der Waals surface area contributed by atoms with E-state index in [9.17, 15) is 9.18 Å². The van der Waals surface area contributed by atoms with E-state index in [0.29, 0.717) is 22.6 Å². The van der Waals surface area contributed by atoms with Crippen molar-refractivity contribution in [2.75, 3.05) is 0 Å². The number of ether oxygens (including phenoxy) is 2. The van der Waals surface area contributed by atoms with Crippen LogP contribution in [0.3, 0.4) is 0 Å². The molecule has 1 saturated carbocycles. The number of aromatic nitrogens is 4. The Morgan fingerprint density at radius 1 is 1.18 bits per heavy atom. The minimum Gasteiger partial charge on any atom is -0.474 e. The van der Waals surface area contributed by atoms with Gasteiger partial charge >= 0.3 is 6.09 Å². The lowest BCUT2D eigenvalue weighted by Gasteiger charge is -2.38. The first-order valence-corrected chi connectivity index (χ1v) is 11.5. The van der Waals surface area contributed by atoms with Crippen molar-refractivity contribution >= 4 is 17.1 Å². The lowest BCUT2D eigenvalue weighted by atomic mass is 10.0. The molecule has 1 aromatic carbocycles. The fraction of sp³-hybridized carbons (Fsp3) is 0.500. The molecule has 2 unspecified atom stereocenters. The molecule has 1 aliphatic carbocycles. The number of hydrogen-bond acceptors (Lipinski definition) is 6. The van der Waals surface area contributed by atoms with Crippen LogP contribution in [0.2, 0.25) is 0 Å². The van der Waals surface area contributed by atoms with Gasteiger partial charge in [-0.3, -0.25) is 0 Å². The second-order valence-corrected chi connectivity index (χ2v) is 9.75. The van der Waals surface area contributed by atoms with Crippen molar-refractivity contribution in [3.05, 3.63) is 42.1 Å². The van der Waals surface area contributed by atoms with Gasteiger partial charge in [0.25, 0.3) is 0 Å². The molecule has 0 spiro atoms. The lowest BCUT2D eigenvalue weighted by molar-refractivity contribution is 0.0119. The van der Waals surface area contributed by atoms with Gasteiger partial charge in [0.05, 0.1) is 6.20 Å². The molecule has 8 nitrogen and oxygen atoms in total. The molecule has 2 bridgehead atoms. The van der Waals surface area contributed by atoms with Crippen LogP contribution in [0.15, 0.2) is 30.7 Å².